The number of carbonyl (C=O) groups excluding carboxylic acids is 1. The Morgan fingerprint density at radius 1 is 1.40 bits per heavy atom. The van der Waals surface area contributed by atoms with Crippen molar-refractivity contribution < 1.29 is 85.3 Å². The number of hydrogen-bond donors (Lipinski definition) is 1. The minimum atomic E-state index is -1.17. The number of aromatic amines is 1. The summed E-state index contributed by atoms with van der Waals surface area (Å²) in [7, 11) is 0. The van der Waals surface area contributed by atoms with E-state index in [9.17, 15) is 15.0 Å². The van der Waals surface area contributed by atoms with E-state index in [1.54, 1.807) is 26.8 Å². The van der Waals surface area contributed by atoms with Crippen molar-refractivity contribution in [3.05, 3.63) is 24.0 Å². The zero-order chi connectivity index (χ0) is 10.5. The van der Waals surface area contributed by atoms with E-state index in [2.05, 4.69) is 4.98 Å². The largest absolute Gasteiger partial charge is 1.00 e. The van der Waals surface area contributed by atoms with E-state index in [1.165, 1.54) is 12.3 Å². The first-order chi connectivity index (χ1) is 5.80. The summed E-state index contributed by atoms with van der Waals surface area (Å²) in [6.07, 6.45) is 1.53. The minimum Gasteiger partial charge on any atom is -0.850 e. The van der Waals surface area contributed by atoms with Crippen molar-refractivity contribution in [2.45, 2.75) is 26.4 Å². The third-order valence-corrected chi connectivity index (χ3v) is 0.818. The molecule has 0 fully saturated rings. The van der Waals surface area contributed by atoms with Gasteiger partial charge in [0.05, 0.1) is 11.7 Å². The van der Waals surface area contributed by atoms with Gasteiger partial charge in [0.25, 0.3) is 0 Å². The molecule has 0 aromatic carbocycles. The fraction of sp³-hybridized carbons (Fsp3) is 0.444. The number of carboxylic acid groups (broad SMARTS) is 1. The molecular formula is C9H13KLiNO3. The second-order valence-electron chi connectivity index (χ2n) is 3.48. The van der Waals surface area contributed by atoms with Crippen LogP contribution >= 0.6 is 0 Å². The van der Waals surface area contributed by atoms with E-state index in [-0.39, 0.29) is 75.9 Å². The van der Waals surface area contributed by atoms with Gasteiger partial charge in [0.15, 0.2) is 0 Å². The summed E-state index contributed by atoms with van der Waals surface area (Å²) in [6.45, 7) is 4.90. The molecule has 1 aromatic rings. The second-order valence-corrected chi connectivity index (χ2v) is 3.48. The van der Waals surface area contributed by atoms with Crippen LogP contribution in [0.4, 0.5) is 0 Å². The van der Waals surface area contributed by atoms with E-state index in [4.69, 9.17) is 0 Å². The van der Waals surface area contributed by atoms with Crippen molar-refractivity contribution in [3.8, 4) is 0 Å². The maximum Gasteiger partial charge on any atom is 1.00 e. The van der Waals surface area contributed by atoms with Gasteiger partial charge >= 0.3 is 70.2 Å². The number of aromatic carboxylic acids is 1. The molecular weight excluding hydrogens is 216 g/mol. The molecule has 0 atom stereocenters. The Balaban J connectivity index is -0.000000185. The molecule has 1 N–H and O–H groups in total. The molecule has 0 aliphatic carbocycles. The van der Waals surface area contributed by atoms with Gasteiger partial charge in [-0.05, 0) is 12.1 Å². The molecule has 0 saturated carbocycles. The van der Waals surface area contributed by atoms with Crippen LogP contribution in [0.3, 0.4) is 0 Å². The van der Waals surface area contributed by atoms with Crippen LogP contribution < -0.4 is 80.5 Å². The van der Waals surface area contributed by atoms with Crippen LogP contribution in [-0.2, 0) is 0 Å². The SMILES string of the molecule is CC(C)(C)[O-].O=C([O-])c1ccc[nH]1.[K+].[Li+]. The molecule has 0 saturated heterocycles. The Labute approximate surface area is 144 Å². The number of carboxylic acids is 1. The van der Waals surface area contributed by atoms with E-state index in [0.29, 0.717) is 0 Å². The monoisotopic (exact) mass is 229 g/mol. The molecule has 1 heterocycles. The quantitative estimate of drug-likeness (QED) is 0.486. The average Bonchev–Trinajstić information content (AvgIpc) is 2.31. The van der Waals surface area contributed by atoms with Gasteiger partial charge in [-0.1, -0.05) is 20.8 Å². The molecule has 0 radical (unpaired) electrons. The first kappa shape index (κ1) is 21.3. The van der Waals surface area contributed by atoms with Crippen molar-refractivity contribution in [2.24, 2.45) is 0 Å². The molecule has 0 aliphatic rings. The van der Waals surface area contributed by atoms with Crippen LogP contribution in [-0.4, -0.2) is 16.6 Å². The zero-order valence-electron chi connectivity index (χ0n) is 9.96. The fourth-order valence-corrected chi connectivity index (χ4v) is 0.457. The van der Waals surface area contributed by atoms with Crippen LogP contribution in [0.2, 0.25) is 0 Å². The maximum absolute atomic E-state index is 10.1. The summed E-state index contributed by atoms with van der Waals surface area (Å²) in [4.78, 5) is 12.4. The third-order valence-electron chi connectivity index (χ3n) is 0.818. The van der Waals surface area contributed by atoms with Crippen molar-refractivity contribution in [1.82, 2.24) is 4.98 Å². The summed E-state index contributed by atoms with van der Waals surface area (Å²) in [5.74, 6) is -1.17. The molecule has 0 aliphatic heterocycles. The number of H-pyrrole nitrogens is 1. The van der Waals surface area contributed by atoms with Crippen molar-refractivity contribution in [1.29, 1.82) is 0 Å². The molecule has 0 unspecified atom stereocenters. The molecule has 1 rings (SSSR count). The van der Waals surface area contributed by atoms with Crippen LogP contribution in [0.25, 0.3) is 0 Å². The van der Waals surface area contributed by atoms with E-state index < -0.39 is 11.6 Å². The van der Waals surface area contributed by atoms with Gasteiger partial charge in [-0.3, -0.25) is 0 Å². The predicted molar refractivity (Wildman–Crippen MR) is 44.9 cm³/mol. The molecule has 0 spiro atoms. The first-order valence-electron chi connectivity index (χ1n) is 3.86. The maximum atomic E-state index is 10.1. The van der Waals surface area contributed by atoms with Gasteiger partial charge in [-0.2, -0.15) is 0 Å². The summed E-state index contributed by atoms with van der Waals surface area (Å²) in [5, 5.41) is 20.0. The van der Waals surface area contributed by atoms with Gasteiger partial charge < -0.3 is 20.0 Å². The Morgan fingerprint density at radius 3 is 1.93 bits per heavy atom. The van der Waals surface area contributed by atoms with Crippen molar-refractivity contribution in [2.75, 3.05) is 0 Å². The number of hydrogen-bond acceptors (Lipinski definition) is 3. The van der Waals surface area contributed by atoms with Crippen LogP contribution in [0.1, 0.15) is 31.3 Å². The molecule has 15 heavy (non-hydrogen) atoms. The van der Waals surface area contributed by atoms with Crippen LogP contribution in [0.5, 0.6) is 0 Å². The summed E-state index contributed by atoms with van der Waals surface area (Å²) >= 11 is 0. The Bertz CT molecular complexity index is 251. The minimum absolute atomic E-state index is 0. The summed E-state index contributed by atoms with van der Waals surface area (Å²) in [5.41, 5.74) is -0.634. The van der Waals surface area contributed by atoms with Crippen LogP contribution in [0.15, 0.2) is 18.3 Å². The summed E-state index contributed by atoms with van der Waals surface area (Å²) in [6, 6.07) is 3.04. The third kappa shape index (κ3) is 17.6. The fourth-order valence-electron chi connectivity index (χ4n) is 0.457. The first-order valence-corrected chi connectivity index (χ1v) is 3.86. The molecule has 0 amide bonds. The standard InChI is InChI=1S/C5H5NO2.C4H9O.K.Li/c7-5(8)4-2-1-3-6-4;1-4(2,3)5;;/h1-3,6H,(H,7,8);1-3H3;;/q;-1;2*+1/p-1. The Hall–Kier alpha value is 0.944. The molecule has 4 nitrogen and oxygen atoms in total. The smallest absolute Gasteiger partial charge is 0.850 e. The number of rotatable bonds is 1. The van der Waals surface area contributed by atoms with Crippen molar-refractivity contribution in [3.63, 3.8) is 0 Å². The molecule has 74 valence electrons. The summed E-state index contributed by atoms with van der Waals surface area (Å²) < 4.78 is 0. The molecule has 1 aromatic heterocycles. The van der Waals surface area contributed by atoms with E-state index >= 15 is 0 Å². The number of aromatic nitrogens is 1. The topological polar surface area (TPSA) is 79.0 Å². The van der Waals surface area contributed by atoms with Crippen molar-refractivity contribution >= 4 is 5.97 Å². The van der Waals surface area contributed by atoms with Crippen LogP contribution in [0, 0.1) is 0 Å². The Morgan fingerprint density at radius 2 is 1.80 bits per heavy atom. The van der Waals surface area contributed by atoms with E-state index in [1.807, 2.05) is 0 Å². The average molecular weight is 229 g/mol. The normalized spacial score (nSPS) is 8.80. The van der Waals surface area contributed by atoms with Gasteiger partial charge in [0, 0.05) is 6.20 Å². The van der Waals surface area contributed by atoms with Gasteiger partial charge in [0.2, 0.25) is 0 Å². The van der Waals surface area contributed by atoms with Gasteiger partial charge in [-0.25, -0.2) is 0 Å². The predicted octanol–water partition coefficient (Wildman–Crippen LogP) is -6.47. The number of carbonyl (C=O) groups is 1. The van der Waals surface area contributed by atoms with Gasteiger partial charge in [-0.15, -0.1) is 5.60 Å². The molecule has 6 heteroatoms. The Kier molecular flexibility index (Phi) is 14.3. The van der Waals surface area contributed by atoms with E-state index in [0.717, 1.165) is 0 Å². The number of nitrogens with one attached hydrogen (secondary N) is 1. The second kappa shape index (κ2) is 10.1. The zero-order valence-corrected chi connectivity index (χ0v) is 13.1. The molecule has 0 bridgehead atoms. The van der Waals surface area contributed by atoms with Gasteiger partial charge in [0.1, 0.15) is 0 Å².